The molecule has 0 radical (unpaired) electrons. The number of rotatable bonds is 9. The van der Waals surface area contributed by atoms with Gasteiger partial charge in [0.15, 0.2) is 6.29 Å². The van der Waals surface area contributed by atoms with Gasteiger partial charge in [-0.05, 0) is 25.7 Å². The Labute approximate surface area is 97.5 Å². The summed E-state index contributed by atoms with van der Waals surface area (Å²) in [5.74, 6) is 0. The Bertz CT molecular complexity index is 197. The van der Waals surface area contributed by atoms with E-state index in [9.17, 15) is 0 Å². The van der Waals surface area contributed by atoms with Gasteiger partial charge in [0, 0.05) is 39.3 Å². The van der Waals surface area contributed by atoms with Gasteiger partial charge in [0.25, 0.3) is 0 Å². The Balaban J connectivity index is 1.73. The molecular weight excluding hydrogens is 206 g/mol. The molecule has 0 aromatic heterocycles. The van der Waals surface area contributed by atoms with Crippen molar-refractivity contribution in [2.24, 2.45) is 0 Å². The Morgan fingerprint density at radius 3 is 2.75 bits per heavy atom. The van der Waals surface area contributed by atoms with Gasteiger partial charge in [-0.3, -0.25) is 0 Å². The summed E-state index contributed by atoms with van der Waals surface area (Å²) in [5, 5.41) is 8.31. The summed E-state index contributed by atoms with van der Waals surface area (Å²) in [6, 6.07) is 2.10. The van der Waals surface area contributed by atoms with E-state index in [1.165, 1.54) is 0 Å². The molecular formula is C12H21NO3. The fourth-order valence-electron chi connectivity index (χ4n) is 1.56. The molecule has 0 bridgehead atoms. The molecule has 1 fully saturated rings. The predicted molar refractivity (Wildman–Crippen MR) is 59.8 cm³/mol. The molecule has 1 saturated heterocycles. The van der Waals surface area contributed by atoms with Crippen LogP contribution in [0.15, 0.2) is 0 Å². The van der Waals surface area contributed by atoms with Gasteiger partial charge in [0.1, 0.15) is 0 Å². The minimum Gasteiger partial charge on any atom is -0.381 e. The largest absolute Gasteiger partial charge is 0.381 e. The van der Waals surface area contributed by atoms with Gasteiger partial charge in [-0.2, -0.15) is 5.26 Å². The van der Waals surface area contributed by atoms with Crippen molar-refractivity contribution in [1.29, 1.82) is 5.26 Å². The topological polar surface area (TPSA) is 51.5 Å². The number of hydrogen-bond donors (Lipinski definition) is 0. The highest BCUT2D eigenvalue weighted by molar-refractivity contribution is 4.67. The van der Waals surface area contributed by atoms with Crippen LogP contribution < -0.4 is 0 Å². The van der Waals surface area contributed by atoms with Crippen LogP contribution in [0, 0.1) is 11.3 Å². The molecule has 0 aromatic carbocycles. The molecule has 4 nitrogen and oxygen atoms in total. The first-order valence-electron chi connectivity index (χ1n) is 6.11. The number of nitriles is 1. The summed E-state index contributed by atoms with van der Waals surface area (Å²) in [5.41, 5.74) is 0. The molecule has 0 aliphatic carbocycles. The lowest BCUT2D eigenvalue weighted by Crippen LogP contribution is -2.11. The second-order valence-electron chi connectivity index (χ2n) is 3.89. The van der Waals surface area contributed by atoms with Crippen LogP contribution in [0.25, 0.3) is 0 Å². The van der Waals surface area contributed by atoms with Crippen LogP contribution in [-0.2, 0) is 14.2 Å². The quantitative estimate of drug-likeness (QED) is 0.567. The molecule has 0 aromatic rings. The molecule has 92 valence electrons. The zero-order chi connectivity index (χ0) is 11.5. The normalized spacial score (nSPS) is 19.8. The average Bonchev–Trinajstić information content (AvgIpc) is 2.80. The summed E-state index contributed by atoms with van der Waals surface area (Å²) < 4.78 is 16.2. The van der Waals surface area contributed by atoms with Gasteiger partial charge in [-0.1, -0.05) is 0 Å². The molecule has 4 heteroatoms. The van der Waals surface area contributed by atoms with Gasteiger partial charge < -0.3 is 14.2 Å². The number of unbranched alkanes of at least 4 members (excludes halogenated alkanes) is 2. The Kier molecular flexibility index (Phi) is 8.05. The van der Waals surface area contributed by atoms with Crippen molar-refractivity contribution < 1.29 is 14.2 Å². The first-order valence-corrected chi connectivity index (χ1v) is 6.11. The van der Waals surface area contributed by atoms with Crippen molar-refractivity contribution in [2.75, 3.05) is 26.4 Å². The van der Waals surface area contributed by atoms with E-state index >= 15 is 0 Å². The molecule has 1 aliphatic rings. The van der Waals surface area contributed by atoms with Gasteiger partial charge in [-0.15, -0.1) is 0 Å². The summed E-state index contributed by atoms with van der Waals surface area (Å²) in [6.45, 7) is 3.05. The van der Waals surface area contributed by atoms with E-state index in [1.54, 1.807) is 0 Å². The van der Waals surface area contributed by atoms with E-state index in [-0.39, 0.29) is 6.29 Å². The van der Waals surface area contributed by atoms with Gasteiger partial charge in [-0.25, -0.2) is 0 Å². The van der Waals surface area contributed by atoms with Crippen molar-refractivity contribution >= 4 is 0 Å². The maximum atomic E-state index is 8.31. The molecule has 16 heavy (non-hydrogen) atoms. The van der Waals surface area contributed by atoms with Gasteiger partial charge in [0.05, 0.1) is 6.07 Å². The van der Waals surface area contributed by atoms with E-state index in [0.717, 1.165) is 51.9 Å². The smallest absolute Gasteiger partial charge is 0.157 e. The van der Waals surface area contributed by atoms with Gasteiger partial charge in [0.2, 0.25) is 0 Å². The van der Waals surface area contributed by atoms with Crippen molar-refractivity contribution in [3.8, 4) is 6.07 Å². The van der Waals surface area contributed by atoms with E-state index in [0.29, 0.717) is 13.0 Å². The van der Waals surface area contributed by atoms with Crippen LogP contribution in [0.1, 0.15) is 38.5 Å². The first-order chi connectivity index (χ1) is 7.93. The van der Waals surface area contributed by atoms with Crippen LogP contribution in [0.5, 0.6) is 0 Å². The monoisotopic (exact) mass is 227 g/mol. The van der Waals surface area contributed by atoms with E-state index in [2.05, 4.69) is 6.07 Å². The summed E-state index contributed by atoms with van der Waals surface area (Å²) >= 11 is 0. The second-order valence-corrected chi connectivity index (χ2v) is 3.89. The Morgan fingerprint density at radius 2 is 2.00 bits per heavy atom. The van der Waals surface area contributed by atoms with Crippen LogP contribution in [-0.4, -0.2) is 32.7 Å². The number of hydrogen-bond acceptors (Lipinski definition) is 4. The van der Waals surface area contributed by atoms with Crippen LogP contribution in [0.2, 0.25) is 0 Å². The summed E-state index contributed by atoms with van der Waals surface area (Å²) in [6.07, 6.45) is 5.64. The molecule has 1 unspecified atom stereocenters. The molecule has 1 aliphatic heterocycles. The SMILES string of the molecule is N#CCCCOCCCCOC1CCCO1. The average molecular weight is 227 g/mol. The fraction of sp³-hybridized carbons (Fsp3) is 0.917. The minimum absolute atomic E-state index is 0.0385. The lowest BCUT2D eigenvalue weighted by Gasteiger charge is -2.10. The first kappa shape index (κ1) is 13.4. The van der Waals surface area contributed by atoms with Crippen LogP contribution >= 0.6 is 0 Å². The highest BCUT2D eigenvalue weighted by atomic mass is 16.7. The molecule has 1 atom stereocenters. The standard InChI is InChI=1S/C12H21NO3/c13-7-1-2-8-14-9-3-4-10-15-12-6-5-11-16-12/h12H,1-6,8-11H2. The van der Waals surface area contributed by atoms with Crippen molar-refractivity contribution in [3.05, 3.63) is 0 Å². The highest BCUT2D eigenvalue weighted by Gasteiger charge is 2.14. The molecule has 0 amide bonds. The maximum absolute atomic E-state index is 8.31. The van der Waals surface area contributed by atoms with E-state index in [4.69, 9.17) is 19.5 Å². The summed E-state index contributed by atoms with van der Waals surface area (Å²) in [4.78, 5) is 0. The number of ether oxygens (including phenoxy) is 3. The van der Waals surface area contributed by atoms with Crippen LogP contribution in [0.4, 0.5) is 0 Å². The zero-order valence-electron chi connectivity index (χ0n) is 9.82. The predicted octanol–water partition coefficient (Wildman–Crippen LogP) is 2.24. The van der Waals surface area contributed by atoms with Crippen molar-refractivity contribution in [1.82, 2.24) is 0 Å². The molecule has 0 saturated carbocycles. The molecule has 1 heterocycles. The third-order valence-corrected chi connectivity index (χ3v) is 2.45. The summed E-state index contributed by atoms with van der Waals surface area (Å²) in [7, 11) is 0. The Hall–Kier alpha value is -0.630. The van der Waals surface area contributed by atoms with Crippen molar-refractivity contribution in [2.45, 2.75) is 44.8 Å². The minimum atomic E-state index is 0.0385. The lowest BCUT2D eigenvalue weighted by atomic mass is 10.3. The van der Waals surface area contributed by atoms with Gasteiger partial charge >= 0.3 is 0 Å². The fourth-order valence-corrected chi connectivity index (χ4v) is 1.56. The second kappa shape index (κ2) is 9.59. The third kappa shape index (κ3) is 6.78. The van der Waals surface area contributed by atoms with Crippen LogP contribution in [0.3, 0.4) is 0 Å². The maximum Gasteiger partial charge on any atom is 0.157 e. The molecule has 0 spiro atoms. The Morgan fingerprint density at radius 1 is 1.19 bits per heavy atom. The molecule has 1 rings (SSSR count). The van der Waals surface area contributed by atoms with E-state index < -0.39 is 0 Å². The third-order valence-electron chi connectivity index (χ3n) is 2.45. The molecule has 0 N–H and O–H groups in total. The van der Waals surface area contributed by atoms with E-state index in [1.807, 2.05) is 0 Å². The lowest BCUT2D eigenvalue weighted by molar-refractivity contribution is -0.112. The van der Waals surface area contributed by atoms with Crippen molar-refractivity contribution in [3.63, 3.8) is 0 Å². The number of nitrogens with zero attached hydrogens (tertiary/aromatic N) is 1. The highest BCUT2D eigenvalue weighted by Crippen LogP contribution is 2.13. The zero-order valence-corrected chi connectivity index (χ0v) is 9.82.